The van der Waals surface area contributed by atoms with E-state index >= 15 is 0 Å². The lowest BCUT2D eigenvalue weighted by molar-refractivity contribution is 0.0341. The average molecular weight is 360 g/mol. The van der Waals surface area contributed by atoms with Crippen LogP contribution in [0.15, 0.2) is 29.3 Å². The molecule has 1 unspecified atom stereocenters. The van der Waals surface area contributed by atoms with Crippen LogP contribution in [0.5, 0.6) is 0 Å². The summed E-state index contributed by atoms with van der Waals surface area (Å²) in [5.41, 5.74) is 2.72. The number of rotatable bonds is 6. The molecule has 2 aliphatic rings. The first kappa shape index (κ1) is 19.1. The van der Waals surface area contributed by atoms with Crippen LogP contribution < -0.4 is 10.6 Å². The predicted molar refractivity (Wildman–Crippen MR) is 106 cm³/mol. The molecule has 0 aliphatic carbocycles. The Kier molecular flexibility index (Phi) is 7.29. The zero-order valence-electron chi connectivity index (χ0n) is 16.2. The van der Waals surface area contributed by atoms with E-state index < -0.39 is 0 Å². The van der Waals surface area contributed by atoms with Gasteiger partial charge in [0.05, 0.1) is 13.2 Å². The summed E-state index contributed by atoms with van der Waals surface area (Å²) in [4.78, 5) is 9.28. The molecule has 26 heavy (non-hydrogen) atoms. The maximum atomic E-state index is 5.46. The molecular formula is C20H33N5O. The Balaban J connectivity index is 1.51. The van der Waals surface area contributed by atoms with Crippen molar-refractivity contribution in [2.24, 2.45) is 4.99 Å². The zero-order chi connectivity index (χ0) is 18.2. The Bertz CT molecular complexity index is 585. The number of guanidine groups is 1. The monoisotopic (exact) mass is 359 g/mol. The number of likely N-dealkylation sites (tertiary alicyclic amines) is 1. The van der Waals surface area contributed by atoms with Gasteiger partial charge in [-0.1, -0.05) is 24.3 Å². The Labute approximate surface area is 157 Å². The first-order valence-corrected chi connectivity index (χ1v) is 9.78. The average Bonchev–Trinajstić information content (AvgIpc) is 3.09. The van der Waals surface area contributed by atoms with Crippen LogP contribution >= 0.6 is 0 Å². The lowest BCUT2D eigenvalue weighted by Crippen LogP contribution is -2.43. The van der Waals surface area contributed by atoms with Crippen LogP contribution in [0.3, 0.4) is 0 Å². The van der Waals surface area contributed by atoms with Crippen molar-refractivity contribution in [3.63, 3.8) is 0 Å². The topological polar surface area (TPSA) is 52.1 Å². The lowest BCUT2D eigenvalue weighted by Gasteiger charge is -2.27. The van der Waals surface area contributed by atoms with E-state index in [0.29, 0.717) is 6.04 Å². The Morgan fingerprint density at radius 1 is 1.15 bits per heavy atom. The third kappa shape index (κ3) is 5.43. The number of nitrogens with zero attached hydrogens (tertiary/aromatic N) is 3. The van der Waals surface area contributed by atoms with Gasteiger partial charge in [-0.15, -0.1) is 0 Å². The van der Waals surface area contributed by atoms with E-state index in [2.05, 4.69) is 56.7 Å². The van der Waals surface area contributed by atoms with Crippen molar-refractivity contribution < 1.29 is 4.74 Å². The molecule has 2 saturated heterocycles. The minimum atomic E-state index is 0.613. The van der Waals surface area contributed by atoms with Crippen LogP contribution in [-0.4, -0.2) is 75.3 Å². The first-order chi connectivity index (χ1) is 12.8. The van der Waals surface area contributed by atoms with E-state index in [4.69, 9.17) is 4.74 Å². The third-order valence-corrected chi connectivity index (χ3v) is 5.46. The summed E-state index contributed by atoms with van der Waals surface area (Å²) in [5.74, 6) is 0.881. The third-order valence-electron chi connectivity index (χ3n) is 5.46. The maximum absolute atomic E-state index is 5.46. The van der Waals surface area contributed by atoms with Crippen molar-refractivity contribution in [2.45, 2.75) is 32.0 Å². The number of hydrogen-bond acceptors (Lipinski definition) is 4. The second-order valence-corrected chi connectivity index (χ2v) is 7.24. The summed E-state index contributed by atoms with van der Waals surface area (Å²) >= 11 is 0. The molecule has 2 aliphatic heterocycles. The standard InChI is InChI=1S/C20H33N5O/c1-21-20(23-15-19-8-5-9-24(19)2)22-14-17-6-3-4-7-18(17)16-25-10-12-26-13-11-25/h3-4,6-7,19H,5,8-16H2,1-2H3,(H2,21,22,23). The molecule has 2 fully saturated rings. The van der Waals surface area contributed by atoms with Crippen molar-refractivity contribution in [1.29, 1.82) is 0 Å². The molecule has 144 valence electrons. The molecule has 0 saturated carbocycles. The number of hydrogen-bond donors (Lipinski definition) is 2. The predicted octanol–water partition coefficient (Wildman–Crippen LogP) is 1.28. The number of ether oxygens (including phenoxy) is 1. The van der Waals surface area contributed by atoms with E-state index in [0.717, 1.165) is 51.9 Å². The van der Waals surface area contributed by atoms with Crippen LogP contribution in [0.1, 0.15) is 24.0 Å². The second kappa shape index (κ2) is 9.90. The van der Waals surface area contributed by atoms with E-state index in [1.165, 1.54) is 30.5 Å². The summed E-state index contributed by atoms with van der Waals surface area (Å²) in [6, 6.07) is 9.30. The fraction of sp³-hybridized carbons (Fsp3) is 0.650. The number of benzene rings is 1. The molecule has 1 aromatic rings. The first-order valence-electron chi connectivity index (χ1n) is 9.78. The summed E-state index contributed by atoms with van der Waals surface area (Å²) in [6.45, 7) is 7.64. The van der Waals surface area contributed by atoms with Crippen LogP contribution in [0.2, 0.25) is 0 Å². The van der Waals surface area contributed by atoms with E-state index in [1.807, 2.05) is 7.05 Å². The van der Waals surface area contributed by atoms with Gasteiger partial charge in [-0.25, -0.2) is 0 Å². The minimum Gasteiger partial charge on any atom is -0.379 e. The number of aliphatic imine (C=N–C) groups is 1. The van der Waals surface area contributed by atoms with Crippen LogP contribution in [0.4, 0.5) is 0 Å². The highest BCUT2D eigenvalue weighted by Gasteiger charge is 2.20. The number of morpholine rings is 1. The lowest BCUT2D eigenvalue weighted by atomic mass is 10.1. The SMILES string of the molecule is CN=C(NCc1ccccc1CN1CCOCC1)NCC1CCCN1C. The van der Waals surface area contributed by atoms with E-state index in [9.17, 15) is 0 Å². The number of likely N-dealkylation sites (N-methyl/N-ethyl adjacent to an activating group) is 1. The quantitative estimate of drug-likeness (QED) is 0.592. The largest absolute Gasteiger partial charge is 0.379 e. The highest BCUT2D eigenvalue weighted by Crippen LogP contribution is 2.14. The van der Waals surface area contributed by atoms with Gasteiger partial charge in [0.15, 0.2) is 5.96 Å². The molecule has 6 heteroatoms. The molecule has 2 heterocycles. The summed E-state index contributed by atoms with van der Waals surface area (Å²) in [5, 5.41) is 6.96. The molecule has 0 aromatic heterocycles. The van der Waals surface area contributed by atoms with Crippen molar-refractivity contribution in [3.05, 3.63) is 35.4 Å². The highest BCUT2D eigenvalue weighted by atomic mass is 16.5. The molecular weight excluding hydrogens is 326 g/mol. The Morgan fingerprint density at radius 2 is 1.92 bits per heavy atom. The fourth-order valence-electron chi connectivity index (χ4n) is 3.74. The van der Waals surface area contributed by atoms with Crippen LogP contribution in [0.25, 0.3) is 0 Å². The molecule has 3 rings (SSSR count). The van der Waals surface area contributed by atoms with Gasteiger partial charge in [-0.05, 0) is 37.6 Å². The molecule has 0 spiro atoms. The molecule has 2 N–H and O–H groups in total. The minimum absolute atomic E-state index is 0.613. The summed E-state index contributed by atoms with van der Waals surface area (Å²) in [6.07, 6.45) is 2.56. The van der Waals surface area contributed by atoms with Gasteiger partial charge in [-0.3, -0.25) is 9.89 Å². The highest BCUT2D eigenvalue weighted by molar-refractivity contribution is 5.79. The number of nitrogens with one attached hydrogen (secondary N) is 2. The van der Waals surface area contributed by atoms with Crippen LogP contribution in [-0.2, 0) is 17.8 Å². The van der Waals surface area contributed by atoms with Gasteiger partial charge in [0.1, 0.15) is 0 Å². The molecule has 1 aromatic carbocycles. The normalized spacial score (nSPS) is 22.5. The Morgan fingerprint density at radius 3 is 2.62 bits per heavy atom. The smallest absolute Gasteiger partial charge is 0.191 e. The molecule has 6 nitrogen and oxygen atoms in total. The van der Waals surface area contributed by atoms with Gasteiger partial charge in [-0.2, -0.15) is 0 Å². The van der Waals surface area contributed by atoms with Crippen molar-refractivity contribution in [2.75, 3.05) is 53.5 Å². The second-order valence-electron chi connectivity index (χ2n) is 7.24. The molecule has 1 atom stereocenters. The summed E-state index contributed by atoms with van der Waals surface area (Å²) in [7, 11) is 4.05. The van der Waals surface area contributed by atoms with Crippen molar-refractivity contribution in [1.82, 2.24) is 20.4 Å². The zero-order valence-corrected chi connectivity index (χ0v) is 16.2. The van der Waals surface area contributed by atoms with Crippen molar-refractivity contribution in [3.8, 4) is 0 Å². The molecule has 0 radical (unpaired) electrons. The fourth-order valence-corrected chi connectivity index (χ4v) is 3.74. The van der Waals surface area contributed by atoms with Gasteiger partial charge in [0, 0.05) is 45.8 Å². The Hall–Kier alpha value is -1.63. The van der Waals surface area contributed by atoms with Crippen LogP contribution in [0, 0.1) is 0 Å². The van der Waals surface area contributed by atoms with Gasteiger partial charge in [0.25, 0.3) is 0 Å². The van der Waals surface area contributed by atoms with E-state index in [1.54, 1.807) is 0 Å². The summed E-state index contributed by atoms with van der Waals surface area (Å²) < 4.78 is 5.46. The molecule has 0 bridgehead atoms. The van der Waals surface area contributed by atoms with Gasteiger partial charge < -0.3 is 20.3 Å². The van der Waals surface area contributed by atoms with Crippen molar-refractivity contribution >= 4 is 5.96 Å². The molecule has 0 amide bonds. The van der Waals surface area contributed by atoms with Gasteiger partial charge in [0.2, 0.25) is 0 Å². The van der Waals surface area contributed by atoms with E-state index in [-0.39, 0.29) is 0 Å². The van der Waals surface area contributed by atoms with Gasteiger partial charge >= 0.3 is 0 Å². The maximum Gasteiger partial charge on any atom is 0.191 e.